The largest absolute Gasteiger partial charge is 0.290 e. The van der Waals surface area contributed by atoms with Crippen LogP contribution in [-0.2, 0) is 4.79 Å². The maximum Gasteiger partial charge on any atom is 0.204 e. The first-order chi connectivity index (χ1) is 15.0. The van der Waals surface area contributed by atoms with Crippen LogP contribution in [0.25, 0.3) is 0 Å². The zero-order chi connectivity index (χ0) is 23.0. The molecule has 1 nitrogen and oxygen atoms in total. The van der Waals surface area contributed by atoms with Gasteiger partial charge in [-0.25, -0.2) is 0 Å². The third-order valence-electron chi connectivity index (χ3n) is 6.75. The molecule has 0 unspecified atom stereocenters. The van der Waals surface area contributed by atoms with Gasteiger partial charge in [0, 0.05) is 5.41 Å². The number of unbranched alkanes of at least 4 members (excludes halogenated alkanes) is 20. The van der Waals surface area contributed by atoms with Crippen LogP contribution in [0.4, 0.5) is 0 Å². The molecule has 0 aliphatic rings. The van der Waals surface area contributed by atoms with Crippen LogP contribution in [0.15, 0.2) is 0 Å². The van der Waals surface area contributed by atoms with Gasteiger partial charge in [0.2, 0.25) is 6.29 Å². The van der Waals surface area contributed by atoms with Gasteiger partial charge in [-0.2, -0.15) is 0 Å². The summed E-state index contributed by atoms with van der Waals surface area (Å²) in [5.41, 5.74) is -0.230. The van der Waals surface area contributed by atoms with Gasteiger partial charge in [0.15, 0.2) is 0 Å². The predicted octanol–water partition coefficient (Wildman–Crippen LogP) is 10.7. The molecule has 31 heavy (non-hydrogen) atoms. The van der Waals surface area contributed by atoms with E-state index >= 15 is 0 Å². The lowest BCUT2D eigenvalue weighted by Gasteiger charge is -2.14. The minimum atomic E-state index is -0.230. The van der Waals surface area contributed by atoms with Gasteiger partial charge in [-0.05, 0) is 18.8 Å². The molecular weight excluding hydrogens is 376 g/mol. The van der Waals surface area contributed by atoms with Gasteiger partial charge < -0.3 is 0 Å². The second kappa shape index (κ2) is 22.8. The molecule has 2 radical (unpaired) electrons. The summed E-state index contributed by atoms with van der Waals surface area (Å²) in [4.78, 5) is 10.8. The smallest absolute Gasteiger partial charge is 0.204 e. The highest BCUT2D eigenvalue weighted by Gasteiger charge is 2.16. The van der Waals surface area contributed by atoms with Crippen molar-refractivity contribution in [2.75, 3.05) is 0 Å². The van der Waals surface area contributed by atoms with Crippen LogP contribution in [-0.4, -0.2) is 6.29 Å². The Balaban J connectivity index is 3.07. The van der Waals surface area contributed by atoms with E-state index in [0.717, 1.165) is 6.42 Å². The molecule has 0 aromatic rings. The fraction of sp³-hybridized carbons (Fsp3) is 0.933. The Morgan fingerprint density at radius 2 is 0.742 bits per heavy atom. The molecule has 0 rings (SSSR count). The highest BCUT2D eigenvalue weighted by molar-refractivity contribution is 5.58. The highest BCUT2D eigenvalue weighted by atomic mass is 16.1. The Hall–Kier alpha value is -0.330. The van der Waals surface area contributed by atoms with Crippen LogP contribution in [0.3, 0.4) is 0 Å². The van der Waals surface area contributed by atoms with Gasteiger partial charge in [-0.3, -0.25) is 4.79 Å². The summed E-state index contributed by atoms with van der Waals surface area (Å²) >= 11 is 0. The Morgan fingerprint density at radius 3 is 1.00 bits per heavy atom. The quantitative estimate of drug-likeness (QED) is 0.131. The van der Waals surface area contributed by atoms with Crippen LogP contribution in [0, 0.1) is 11.3 Å². The summed E-state index contributed by atoms with van der Waals surface area (Å²) in [6.07, 6.45) is 34.3. The molecule has 0 saturated carbocycles. The van der Waals surface area contributed by atoms with Crippen molar-refractivity contribution < 1.29 is 4.79 Å². The molecular formula is C30H58O. The van der Waals surface area contributed by atoms with Crippen molar-refractivity contribution in [1.29, 1.82) is 0 Å². The van der Waals surface area contributed by atoms with E-state index in [2.05, 4.69) is 20.1 Å². The van der Waals surface area contributed by atoms with E-state index in [4.69, 9.17) is 0 Å². The fourth-order valence-electron chi connectivity index (χ4n) is 4.46. The number of hydrogen-bond donors (Lipinski definition) is 0. The lowest BCUT2D eigenvalue weighted by Crippen LogP contribution is -2.12. The van der Waals surface area contributed by atoms with Crippen LogP contribution in [0.2, 0.25) is 0 Å². The number of carbonyl (C=O) groups excluding carboxylic acids is 1. The summed E-state index contributed by atoms with van der Waals surface area (Å²) in [5, 5.41) is 0. The molecule has 0 N–H and O–H groups in total. The van der Waals surface area contributed by atoms with Gasteiger partial charge in [0.1, 0.15) is 0 Å². The summed E-state index contributed by atoms with van der Waals surface area (Å²) in [5.74, 6) is 1.59. The predicted molar refractivity (Wildman–Crippen MR) is 140 cm³/mol. The third-order valence-corrected chi connectivity index (χ3v) is 6.75. The van der Waals surface area contributed by atoms with Crippen molar-refractivity contribution in [3.63, 3.8) is 0 Å². The first-order valence-corrected chi connectivity index (χ1v) is 14.2. The molecule has 1 heteroatoms. The SMILES string of the molecule is C[C](C)CCCCCCCCCCCCCCCCCCCCCCCC(C)(C)[C]=O. The van der Waals surface area contributed by atoms with Crippen LogP contribution in [0.5, 0.6) is 0 Å². The number of hydrogen-bond acceptors (Lipinski definition) is 1. The molecule has 0 aromatic heterocycles. The third kappa shape index (κ3) is 25.8. The van der Waals surface area contributed by atoms with Crippen molar-refractivity contribution in [3.05, 3.63) is 5.92 Å². The molecule has 0 spiro atoms. The second-order valence-electron chi connectivity index (χ2n) is 11.1. The van der Waals surface area contributed by atoms with E-state index in [1.807, 2.05) is 13.8 Å². The molecule has 0 saturated heterocycles. The number of rotatable bonds is 25. The molecule has 0 fully saturated rings. The summed E-state index contributed by atoms with van der Waals surface area (Å²) in [7, 11) is 0. The molecule has 0 aromatic carbocycles. The minimum absolute atomic E-state index is 0.230. The van der Waals surface area contributed by atoms with E-state index in [0.29, 0.717) is 0 Å². The standard InChI is InChI=1S/C30H58O/c1-29(2)26-24-22-20-18-16-14-12-10-8-6-5-7-9-11-13-15-17-19-21-23-25-27-30(3,4)28-31/h5-27H2,1-4H3. The molecule has 0 heterocycles. The van der Waals surface area contributed by atoms with E-state index in [1.165, 1.54) is 141 Å². The minimum Gasteiger partial charge on any atom is -0.290 e. The molecule has 0 aliphatic heterocycles. The lowest BCUT2D eigenvalue weighted by atomic mass is 9.88. The average molecular weight is 435 g/mol. The van der Waals surface area contributed by atoms with Crippen LogP contribution < -0.4 is 0 Å². The lowest BCUT2D eigenvalue weighted by molar-refractivity contribution is 0.403. The Bertz CT molecular complexity index is 357. The molecule has 0 aliphatic carbocycles. The van der Waals surface area contributed by atoms with Crippen molar-refractivity contribution >= 4 is 6.29 Å². The monoisotopic (exact) mass is 434 g/mol. The zero-order valence-corrected chi connectivity index (χ0v) is 22.2. The van der Waals surface area contributed by atoms with Crippen molar-refractivity contribution in [1.82, 2.24) is 0 Å². The fourth-order valence-corrected chi connectivity index (χ4v) is 4.46. The second-order valence-corrected chi connectivity index (χ2v) is 11.1. The maximum atomic E-state index is 10.8. The Kier molecular flexibility index (Phi) is 22.6. The maximum absolute atomic E-state index is 10.8. The van der Waals surface area contributed by atoms with Gasteiger partial charge >= 0.3 is 0 Å². The van der Waals surface area contributed by atoms with E-state index < -0.39 is 0 Å². The van der Waals surface area contributed by atoms with Crippen LogP contribution >= 0.6 is 0 Å². The summed E-state index contributed by atoms with van der Waals surface area (Å²) < 4.78 is 0. The summed E-state index contributed by atoms with van der Waals surface area (Å²) in [6.45, 7) is 8.51. The first-order valence-electron chi connectivity index (χ1n) is 14.2. The van der Waals surface area contributed by atoms with E-state index in [1.54, 1.807) is 5.92 Å². The van der Waals surface area contributed by atoms with Gasteiger partial charge in [0.05, 0.1) is 0 Å². The van der Waals surface area contributed by atoms with Crippen molar-refractivity contribution in [2.24, 2.45) is 5.41 Å². The van der Waals surface area contributed by atoms with Crippen LogP contribution in [0.1, 0.15) is 175 Å². The van der Waals surface area contributed by atoms with Gasteiger partial charge in [0.25, 0.3) is 0 Å². The molecule has 0 atom stereocenters. The first kappa shape index (κ1) is 30.7. The Morgan fingerprint density at radius 1 is 0.484 bits per heavy atom. The Labute approximate surface area is 197 Å². The topological polar surface area (TPSA) is 17.1 Å². The zero-order valence-electron chi connectivity index (χ0n) is 22.2. The summed E-state index contributed by atoms with van der Waals surface area (Å²) in [6, 6.07) is 0. The van der Waals surface area contributed by atoms with Gasteiger partial charge in [-0.1, -0.05) is 163 Å². The normalized spacial score (nSPS) is 12.0. The van der Waals surface area contributed by atoms with Crippen molar-refractivity contribution in [3.8, 4) is 0 Å². The molecule has 184 valence electrons. The molecule has 0 bridgehead atoms. The van der Waals surface area contributed by atoms with E-state index in [9.17, 15) is 4.79 Å². The highest BCUT2D eigenvalue weighted by Crippen LogP contribution is 2.21. The molecule has 0 amide bonds. The van der Waals surface area contributed by atoms with Gasteiger partial charge in [-0.15, -0.1) is 0 Å². The average Bonchev–Trinajstić information content (AvgIpc) is 2.74. The van der Waals surface area contributed by atoms with E-state index in [-0.39, 0.29) is 5.41 Å². The van der Waals surface area contributed by atoms with Crippen molar-refractivity contribution in [2.45, 2.75) is 175 Å².